The van der Waals surface area contributed by atoms with Crippen LogP contribution in [0.15, 0.2) is 54.6 Å². The Kier molecular flexibility index (Phi) is 6.44. The summed E-state index contributed by atoms with van der Waals surface area (Å²) in [6.07, 6.45) is -2.53. The first kappa shape index (κ1) is 20.0. The van der Waals surface area contributed by atoms with Crippen LogP contribution in [0, 0.1) is 0 Å². The number of benzene rings is 2. The van der Waals surface area contributed by atoms with E-state index in [0.29, 0.717) is 32.7 Å². The van der Waals surface area contributed by atoms with E-state index in [1.54, 1.807) is 4.90 Å². The number of carbonyl (C=O) groups is 1. The standard InChI is InChI=1S/C21H24F3N3O/c22-21(23,24)18-8-10-19(11-9-18)26-13-15-27(16-14-26)20(28)25-12-4-7-17-5-2-1-3-6-17/h1-3,5-6,8-11H,4,7,12-16H2,(H,25,28). The fraction of sp³-hybridized carbons (Fsp3) is 0.381. The topological polar surface area (TPSA) is 35.6 Å². The first-order valence-corrected chi connectivity index (χ1v) is 9.42. The molecule has 0 atom stereocenters. The van der Waals surface area contributed by atoms with Crippen LogP contribution in [-0.2, 0) is 12.6 Å². The molecule has 1 aliphatic heterocycles. The summed E-state index contributed by atoms with van der Waals surface area (Å²) in [6, 6.07) is 15.2. The molecule has 1 aliphatic rings. The van der Waals surface area contributed by atoms with E-state index in [2.05, 4.69) is 17.4 Å². The van der Waals surface area contributed by atoms with E-state index in [9.17, 15) is 18.0 Å². The second-order valence-electron chi connectivity index (χ2n) is 6.84. The van der Waals surface area contributed by atoms with Gasteiger partial charge in [-0.05, 0) is 42.7 Å². The molecule has 1 fully saturated rings. The molecule has 7 heteroatoms. The molecule has 2 amide bonds. The molecule has 0 aromatic heterocycles. The number of hydrogen-bond donors (Lipinski definition) is 1. The molecule has 0 spiro atoms. The Morgan fingerprint density at radius 3 is 2.18 bits per heavy atom. The van der Waals surface area contributed by atoms with Crippen LogP contribution in [0.1, 0.15) is 17.5 Å². The van der Waals surface area contributed by atoms with Gasteiger partial charge in [0.15, 0.2) is 0 Å². The average Bonchev–Trinajstić information content (AvgIpc) is 2.71. The monoisotopic (exact) mass is 391 g/mol. The van der Waals surface area contributed by atoms with E-state index in [4.69, 9.17) is 0 Å². The predicted octanol–water partition coefficient (Wildman–Crippen LogP) is 4.17. The van der Waals surface area contributed by atoms with Gasteiger partial charge in [0.25, 0.3) is 0 Å². The molecule has 0 unspecified atom stereocenters. The Labute approximate surface area is 162 Å². The van der Waals surface area contributed by atoms with Gasteiger partial charge in [-0.25, -0.2) is 4.79 Å². The maximum absolute atomic E-state index is 12.7. The normalized spacial score (nSPS) is 14.8. The van der Waals surface area contributed by atoms with E-state index < -0.39 is 11.7 Å². The van der Waals surface area contributed by atoms with Crippen LogP contribution in [0.2, 0.25) is 0 Å². The summed E-state index contributed by atoms with van der Waals surface area (Å²) >= 11 is 0. The average molecular weight is 391 g/mol. The Balaban J connectivity index is 1.40. The highest BCUT2D eigenvalue weighted by Crippen LogP contribution is 2.30. The summed E-state index contributed by atoms with van der Waals surface area (Å²) in [4.78, 5) is 16.0. The molecule has 4 nitrogen and oxygen atoms in total. The third-order valence-corrected chi connectivity index (χ3v) is 4.89. The Bertz CT molecular complexity index is 755. The number of anilines is 1. The van der Waals surface area contributed by atoms with Crippen LogP contribution in [0.5, 0.6) is 0 Å². The van der Waals surface area contributed by atoms with E-state index in [0.717, 1.165) is 30.7 Å². The molecular formula is C21H24F3N3O. The Morgan fingerprint density at radius 2 is 1.57 bits per heavy atom. The van der Waals surface area contributed by atoms with Crippen LogP contribution >= 0.6 is 0 Å². The zero-order chi connectivity index (χ0) is 20.0. The van der Waals surface area contributed by atoms with Crippen molar-refractivity contribution in [3.05, 3.63) is 65.7 Å². The fourth-order valence-electron chi connectivity index (χ4n) is 3.27. The summed E-state index contributed by atoms with van der Waals surface area (Å²) in [5.74, 6) is 0. The van der Waals surface area contributed by atoms with E-state index in [1.165, 1.54) is 17.7 Å². The zero-order valence-electron chi connectivity index (χ0n) is 15.6. The van der Waals surface area contributed by atoms with Crippen molar-refractivity contribution in [3.63, 3.8) is 0 Å². The summed E-state index contributed by atoms with van der Waals surface area (Å²) in [5.41, 5.74) is 1.35. The predicted molar refractivity (Wildman–Crippen MR) is 103 cm³/mol. The fourth-order valence-corrected chi connectivity index (χ4v) is 3.27. The van der Waals surface area contributed by atoms with Gasteiger partial charge in [0.1, 0.15) is 0 Å². The molecule has 0 radical (unpaired) electrons. The highest BCUT2D eigenvalue weighted by Gasteiger charge is 2.30. The lowest BCUT2D eigenvalue weighted by Crippen LogP contribution is -2.52. The van der Waals surface area contributed by atoms with Crippen molar-refractivity contribution < 1.29 is 18.0 Å². The molecule has 150 valence electrons. The van der Waals surface area contributed by atoms with Gasteiger partial charge in [-0.3, -0.25) is 0 Å². The number of alkyl halides is 3. The van der Waals surface area contributed by atoms with Crippen molar-refractivity contribution in [2.45, 2.75) is 19.0 Å². The maximum Gasteiger partial charge on any atom is 0.416 e. The van der Waals surface area contributed by atoms with Gasteiger partial charge in [0.05, 0.1) is 5.56 Å². The van der Waals surface area contributed by atoms with Crippen molar-refractivity contribution in [2.75, 3.05) is 37.6 Å². The number of carbonyl (C=O) groups excluding carboxylic acids is 1. The molecule has 0 saturated carbocycles. The van der Waals surface area contributed by atoms with E-state index >= 15 is 0 Å². The summed E-state index contributed by atoms with van der Waals surface area (Å²) in [6.45, 7) is 2.91. The highest BCUT2D eigenvalue weighted by molar-refractivity contribution is 5.74. The summed E-state index contributed by atoms with van der Waals surface area (Å²) in [7, 11) is 0. The first-order chi connectivity index (χ1) is 13.4. The lowest BCUT2D eigenvalue weighted by molar-refractivity contribution is -0.137. The SMILES string of the molecule is O=C(NCCCc1ccccc1)N1CCN(c2ccc(C(F)(F)F)cc2)CC1. The second-order valence-corrected chi connectivity index (χ2v) is 6.84. The van der Waals surface area contributed by atoms with Gasteiger partial charge < -0.3 is 15.1 Å². The number of piperazine rings is 1. The number of nitrogens with one attached hydrogen (secondary N) is 1. The minimum atomic E-state index is -4.32. The third-order valence-electron chi connectivity index (χ3n) is 4.89. The maximum atomic E-state index is 12.7. The minimum Gasteiger partial charge on any atom is -0.368 e. The molecule has 1 heterocycles. The lowest BCUT2D eigenvalue weighted by Gasteiger charge is -2.36. The second kappa shape index (κ2) is 8.99. The van der Waals surface area contributed by atoms with Crippen molar-refractivity contribution >= 4 is 11.7 Å². The molecule has 2 aromatic carbocycles. The Morgan fingerprint density at radius 1 is 0.929 bits per heavy atom. The molecule has 1 saturated heterocycles. The number of nitrogens with zero attached hydrogens (tertiary/aromatic N) is 2. The Hall–Kier alpha value is -2.70. The quantitative estimate of drug-likeness (QED) is 0.777. The van der Waals surface area contributed by atoms with Gasteiger partial charge in [0.2, 0.25) is 0 Å². The van der Waals surface area contributed by atoms with Crippen LogP contribution in [0.4, 0.5) is 23.7 Å². The molecular weight excluding hydrogens is 367 g/mol. The van der Waals surface area contributed by atoms with Gasteiger partial charge in [-0.1, -0.05) is 30.3 Å². The smallest absolute Gasteiger partial charge is 0.368 e. The number of halogens is 3. The molecule has 0 aliphatic carbocycles. The number of rotatable bonds is 5. The van der Waals surface area contributed by atoms with Gasteiger partial charge >= 0.3 is 12.2 Å². The van der Waals surface area contributed by atoms with Crippen LogP contribution < -0.4 is 10.2 Å². The summed E-state index contributed by atoms with van der Waals surface area (Å²) < 4.78 is 38.0. The van der Waals surface area contributed by atoms with E-state index in [-0.39, 0.29) is 6.03 Å². The summed E-state index contributed by atoms with van der Waals surface area (Å²) in [5, 5.41) is 2.94. The number of urea groups is 1. The van der Waals surface area contributed by atoms with Crippen molar-refractivity contribution in [3.8, 4) is 0 Å². The van der Waals surface area contributed by atoms with Crippen molar-refractivity contribution in [1.82, 2.24) is 10.2 Å². The van der Waals surface area contributed by atoms with Gasteiger partial charge in [-0.2, -0.15) is 13.2 Å². The van der Waals surface area contributed by atoms with Crippen LogP contribution in [-0.4, -0.2) is 43.7 Å². The largest absolute Gasteiger partial charge is 0.416 e. The number of amides is 2. The lowest BCUT2D eigenvalue weighted by atomic mass is 10.1. The third kappa shape index (κ3) is 5.41. The highest BCUT2D eigenvalue weighted by atomic mass is 19.4. The zero-order valence-corrected chi connectivity index (χ0v) is 15.6. The molecule has 0 bridgehead atoms. The van der Waals surface area contributed by atoms with Crippen molar-refractivity contribution in [1.29, 1.82) is 0 Å². The van der Waals surface area contributed by atoms with Gasteiger partial charge in [0, 0.05) is 38.4 Å². The minimum absolute atomic E-state index is 0.0832. The van der Waals surface area contributed by atoms with Gasteiger partial charge in [-0.15, -0.1) is 0 Å². The van der Waals surface area contributed by atoms with Crippen molar-refractivity contribution in [2.24, 2.45) is 0 Å². The van der Waals surface area contributed by atoms with Crippen LogP contribution in [0.25, 0.3) is 0 Å². The van der Waals surface area contributed by atoms with E-state index in [1.807, 2.05) is 23.1 Å². The first-order valence-electron chi connectivity index (χ1n) is 9.42. The molecule has 3 rings (SSSR count). The van der Waals surface area contributed by atoms with Crippen LogP contribution in [0.3, 0.4) is 0 Å². The number of aryl methyl sites for hydroxylation is 1. The molecule has 28 heavy (non-hydrogen) atoms. The molecule has 2 aromatic rings. The number of hydrogen-bond acceptors (Lipinski definition) is 2. The molecule has 1 N–H and O–H groups in total.